The number of nitrogens with one attached hydrogen (secondary N) is 1. The number of phenolic OH excluding ortho intramolecular Hbond substituents is 1. The average molecular weight is 232 g/mol. The van der Waals surface area contributed by atoms with E-state index < -0.39 is 0 Å². The summed E-state index contributed by atoms with van der Waals surface area (Å²) < 4.78 is 0. The monoisotopic (exact) mass is 232 g/mol. The molecule has 0 aromatic heterocycles. The maximum Gasteiger partial charge on any atom is 0.240 e. The van der Waals surface area contributed by atoms with Gasteiger partial charge in [-0.1, -0.05) is 6.92 Å². The fraction of sp³-hybridized carbons (Fsp3) is 0.385. The number of aromatic hydroxyl groups is 1. The van der Waals surface area contributed by atoms with E-state index in [9.17, 15) is 9.90 Å². The van der Waals surface area contributed by atoms with Gasteiger partial charge in [0.1, 0.15) is 5.75 Å². The molecule has 1 amide bonds. The first-order valence-corrected chi connectivity index (χ1v) is 5.78. The molecule has 0 spiro atoms. The molecule has 2 N–H and O–H groups in total. The van der Waals surface area contributed by atoms with Crippen LogP contribution in [0.5, 0.6) is 5.75 Å². The van der Waals surface area contributed by atoms with Crippen molar-refractivity contribution in [1.29, 1.82) is 0 Å². The van der Waals surface area contributed by atoms with Crippen molar-refractivity contribution in [2.24, 2.45) is 11.0 Å². The van der Waals surface area contributed by atoms with Crippen molar-refractivity contribution in [3.8, 4) is 5.75 Å². The lowest BCUT2D eigenvalue weighted by atomic mass is 9.89. The van der Waals surface area contributed by atoms with Gasteiger partial charge in [-0.25, -0.2) is 5.43 Å². The molecule has 1 unspecified atom stereocenters. The quantitative estimate of drug-likeness (QED) is 0.818. The Morgan fingerprint density at radius 1 is 1.53 bits per heavy atom. The Hall–Kier alpha value is -1.84. The van der Waals surface area contributed by atoms with Gasteiger partial charge >= 0.3 is 0 Å². The summed E-state index contributed by atoms with van der Waals surface area (Å²) in [6.07, 6.45) is 1.36. The summed E-state index contributed by atoms with van der Waals surface area (Å²) in [6, 6.07) is 5.39. The molecule has 0 saturated carbocycles. The highest BCUT2D eigenvalue weighted by molar-refractivity contribution is 6.06. The standard InChI is InChI=1S/C13H16N2O2/c1-3-9-7-12(17)14-15-13(9)10-4-5-11(16)8(2)6-10/h4-6,9,16H,3,7H2,1-2H3,(H,14,17). The van der Waals surface area contributed by atoms with E-state index in [-0.39, 0.29) is 17.6 Å². The van der Waals surface area contributed by atoms with E-state index in [2.05, 4.69) is 10.5 Å². The second-order valence-corrected chi connectivity index (χ2v) is 4.34. The summed E-state index contributed by atoms with van der Waals surface area (Å²) in [4.78, 5) is 11.3. The third kappa shape index (κ3) is 2.30. The minimum absolute atomic E-state index is 0.0314. The summed E-state index contributed by atoms with van der Waals surface area (Å²) in [7, 11) is 0. The molecule has 1 aliphatic rings. The zero-order chi connectivity index (χ0) is 12.4. The molecule has 4 nitrogen and oxygen atoms in total. The number of amides is 1. The van der Waals surface area contributed by atoms with E-state index in [4.69, 9.17) is 0 Å². The Labute approximate surface area is 100 Å². The molecule has 1 aromatic rings. The topological polar surface area (TPSA) is 61.7 Å². The van der Waals surface area contributed by atoms with Crippen molar-refractivity contribution in [3.05, 3.63) is 29.3 Å². The normalized spacial score (nSPS) is 19.8. The Balaban J connectivity index is 2.37. The summed E-state index contributed by atoms with van der Waals surface area (Å²) in [5, 5.41) is 13.6. The molecular formula is C13H16N2O2. The lowest BCUT2D eigenvalue weighted by molar-refractivity contribution is -0.122. The number of carbonyl (C=O) groups excluding carboxylic acids is 1. The van der Waals surface area contributed by atoms with E-state index in [0.29, 0.717) is 6.42 Å². The number of hydrogen-bond acceptors (Lipinski definition) is 3. The molecule has 0 fully saturated rings. The predicted molar refractivity (Wildman–Crippen MR) is 65.9 cm³/mol. The second kappa shape index (κ2) is 4.57. The smallest absolute Gasteiger partial charge is 0.240 e. The molecule has 1 heterocycles. The predicted octanol–water partition coefficient (Wildman–Crippen LogP) is 1.95. The number of aryl methyl sites for hydroxylation is 1. The zero-order valence-electron chi connectivity index (χ0n) is 10.0. The van der Waals surface area contributed by atoms with Gasteiger partial charge in [-0.2, -0.15) is 5.10 Å². The van der Waals surface area contributed by atoms with Crippen LogP contribution in [-0.2, 0) is 4.79 Å². The summed E-state index contributed by atoms with van der Waals surface area (Å²) in [6.45, 7) is 3.90. The maximum atomic E-state index is 11.3. The molecule has 17 heavy (non-hydrogen) atoms. The number of nitrogens with zero attached hydrogens (tertiary/aromatic N) is 1. The summed E-state index contributed by atoms with van der Waals surface area (Å²) in [5.41, 5.74) is 5.20. The Bertz CT molecular complexity index is 480. The molecule has 0 saturated heterocycles. The van der Waals surface area contributed by atoms with Crippen LogP contribution in [-0.4, -0.2) is 16.7 Å². The van der Waals surface area contributed by atoms with Gasteiger partial charge in [0.2, 0.25) is 5.91 Å². The molecule has 0 radical (unpaired) electrons. The summed E-state index contributed by atoms with van der Waals surface area (Å²) >= 11 is 0. The first kappa shape index (κ1) is 11.6. The minimum Gasteiger partial charge on any atom is -0.508 e. The molecule has 0 aliphatic carbocycles. The van der Waals surface area contributed by atoms with Crippen LogP contribution in [0, 0.1) is 12.8 Å². The molecule has 2 rings (SSSR count). The molecule has 1 atom stereocenters. The third-order valence-electron chi connectivity index (χ3n) is 3.10. The second-order valence-electron chi connectivity index (χ2n) is 4.34. The number of carbonyl (C=O) groups is 1. The zero-order valence-corrected chi connectivity index (χ0v) is 10.0. The molecular weight excluding hydrogens is 216 g/mol. The molecule has 90 valence electrons. The SMILES string of the molecule is CCC1CC(=O)NN=C1c1ccc(O)c(C)c1. The van der Waals surface area contributed by atoms with Crippen molar-refractivity contribution in [2.75, 3.05) is 0 Å². The van der Waals surface area contributed by atoms with Crippen LogP contribution in [0.4, 0.5) is 0 Å². The lowest BCUT2D eigenvalue weighted by Crippen LogP contribution is -2.33. The minimum atomic E-state index is -0.0314. The van der Waals surface area contributed by atoms with Crippen LogP contribution in [0.15, 0.2) is 23.3 Å². The fourth-order valence-electron chi connectivity index (χ4n) is 2.03. The van der Waals surface area contributed by atoms with Crippen molar-refractivity contribution < 1.29 is 9.90 Å². The van der Waals surface area contributed by atoms with Crippen LogP contribution in [0.2, 0.25) is 0 Å². The van der Waals surface area contributed by atoms with Crippen molar-refractivity contribution in [2.45, 2.75) is 26.7 Å². The Morgan fingerprint density at radius 2 is 2.29 bits per heavy atom. The van der Waals surface area contributed by atoms with E-state index in [0.717, 1.165) is 23.3 Å². The molecule has 4 heteroatoms. The van der Waals surface area contributed by atoms with Gasteiger partial charge in [-0.05, 0) is 42.7 Å². The number of phenols is 1. The largest absolute Gasteiger partial charge is 0.508 e. The van der Waals surface area contributed by atoms with E-state index in [1.54, 1.807) is 6.07 Å². The van der Waals surface area contributed by atoms with Crippen LogP contribution < -0.4 is 5.43 Å². The van der Waals surface area contributed by atoms with Gasteiger partial charge in [0.25, 0.3) is 0 Å². The Kier molecular flexibility index (Phi) is 3.13. The molecule has 1 aliphatic heterocycles. The number of hydrazone groups is 1. The van der Waals surface area contributed by atoms with E-state index >= 15 is 0 Å². The third-order valence-corrected chi connectivity index (χ3v) is 3.10. The first-order valence-electron chi connectivity index (χ1n) is 5.78. The van der Waals surface area contributed by atoms with Crippen LogP contribution in [0.3, 0.4) is 0 Å². The van der Waals surface area contributed by atoms with Gasteiger partial charge in [-0.3, -0.25) is 4.79 Å². The maximum absolute atomic E-state index is 11.3. The first-order chi connectivity index (χ1) is 8.11. The van der Waals surface area contributed by atoms with Gasteiger partial charge in [-0.15, -0.1) is 0 Å². The van der Waals surface area contributed by atoms with E-state index in [1.165, 1.54) is 0 Å². The van der Waals surface area contributed by atoms with Gasteiger partial charge in [0, 0.05) is 12.3 Å². The highest BCUT2D eigenvalue weighted by Crippen LogP contribution is 2.23. The highest BCUT2D eigenvalue weighted by atomic mass is 16.3. The lowest BCUT2D eigenvalue weighted by Gasteiger charge is -2.21. The van der Waals surface area contributed by atoms with Gasteiger partial charge < -0.3 is 5.11 Å². The van der Waals surface area contributed by atoms with E-state index in [1.807, 2.05) is 26.0 Å². The molecule has 0 bridgehead atoms. The highest BCUT2D eigenvalue weighted by Gasteiger charge is 2.24. The van der Waals surface area contributed by atoms with Crippen LogP contribution in [0.25, 0.3) is 0 Å². The van der Waals surface area contributed by atoms with Crippen molar-refractivity contribution in [3.63, 3.8) is 0 Å². The van der Waals surface area contributed by atoms with Crippen LogP contribution >= 0.6 is 0 Å². The fourth-order valence-corrected chi connectivity index (χ4v) is 2.03. The number of hydrogen-bond donors (Lipinski definition) is 2. The summed E-state index contributed by atoms with van der Waals surface area (Å²) in [5.74, 6) is 0.408. The Morgan fingerprint density at radius 3 is 2.94 bits per heavy atom. The van der Waals surface area contributed by atoms with Gasteiger partial charge in [0.05, 0.1) is 5.71 Å². The van der Waals surface area contributed by atoms with Gasteiger partial charge in [0.15, 0.2) is 0 Å². The van der Waals surface area contributed by atoms with Crippen LogP contribution in [0.1, 0.15) is 30.9 Å². The van der Waals surface area contributed by atoms with Crippen molar-refractivity contribution >= 4 is 11.6 Å². The number of benzene rings is 1. The average Bonchev–Trinajstić information content (AvgIpc) is 2.32. The number of rotatable bonds is 2. The molecule has 1 aromatic carbocycles. The van der Waals surface area contributed by atoms with Crippen molar-refractivity contribution in [1.82, 2.24) is 5.43 Å².